The first-order chi connectivity index (χ1) is 14.4. The molecular weight excluding hydrogens is 399 g/mol. The van der Waals surface area contributed by atoms with Gasteiger partial charge in [0, 0.05) is 16.9 Å². The molecule has 3 aromatic carbocycles. The van der Waals surface area contributed by atoms with E-state index in [1.165, 1.54) is 24.3 Å². The number of carbonyl (C=O) groups is 2. The summed E-state index contributed by atoms with van der Waals surface area (Å²) in [6, 6.07) is 18.9. The van der Waals surface area contributed by atoms with Crippen LogP contribution in [0.15, 0.2) is 66.7 Å². The highest BCUT2D eigenvalue weighted by molar-refractivity contribution is 8.00. The number of halogens is 1. The molecule has 2 amide bonds. The zero-order valence-corrected chi connectivity index (χ0v) is 17.5. The van der Waals surface area contributed by atoms with Gasteiger partial charge in [0.15, 0.2) is 0 Å². The van der Waals surface area contributed by atoms with Crippen molar-refractivity contribution in [2.75, 3.05) is 16.0 Å². The Labute approximate surface area is 179 Å². The highest BCUT2D eigenvalue weighted by Gasteiger charge is 2.34. The van der Waals surface area contributed by atoms with E-state index in [0.717, 1.165) is 22.4 Å². The fourth-order valence-electron chi connectivity index (χ4n) is 3.46. The molecule has 0 saturated carbocycles. The molecule has 6 heteroatoms. The van der Waals surface area contributed by atoms with Crippen LogP contribution in [0.3, 0.4) is 0 Å². The number of carbonyl (C=O) groups excluding carboxylic acids is 2. The van der Waals surface area contributed by atoms with E-state index < -0.39 is 0 Å². The summed E-state index contributed by atoms with van der Waals surface area (Å²) in [6.45, 7) is 4.08. The third-order valence-electron chi connectivity index (χ3n) is 5.26. The van der Waals surface area contributed by atoms with E-state index in [9.17, 15) is 14.0 Å². The quantitative estimate of drug-likeness (QED) is 0.609. The van der Waals surface area contributed by atoms with Crippen LogP contribution in [0.4, 0.5) is 15.8 Å². The van der Waals surface area contributed by atoms with Gasteiger partial charge in [-0.1, -0.05) is 24.3 Å². The highest BCUT2D eigenvalue weighted by Crippen LogP contribution is 2.43. The second-order valence-corrected chi connectivity index (χ2v) is 8.30. The molecule has 30 heavy (non-hydrogen) atoms. The predicted molar refractivity (Wildman–Crippen MR) is 119 cm³/mol. The lowest BCUT2D eigenvalue weighted by molar-refractivity contribution is -0.115. The van der Waals surface area contributed by atoms with Crippen LogP contribution < -0.4 is 10.2 Å². The van der Waals surface area contributed by atoms with Gasteiger partial charge in [-0.3, -0.25) is 14.5 Å². The molecule has 0 unspecified atom stereocenters. The van der Waals surface area contributed by atoms with E-state index in [2.05, 4.69) is 5.32 Å². The number of hydrogen-bond acceptors (Lipinski definition) is 3. The molecule has 1 aliphatic rings. The van der Waals surface area contributed by atoms with Crippen LogP contribution >= 0.6 is 11.8 Å². The van der Waals surface area contributed by atoms with Crippen molar-refractivity contribution in [3.8, 4) is 0 Å². The SMILES string of the molecule is Cc1cccc(N2C(=O)CS[C@@H]2c2ccc(NC(=O)c3ccc(F)cc3)cc2)c1C. The number of nitrogens with one attached hydrogen (secondary N) is 1. The van der Waals surface area contributed by atoms with Gasteiger partial charge in [-0.05, 0) is 73.0 Å². The molecular formula is C24H21FN2O2S. The predicted octanol–water partition coefficient (Wildman–Crippen LogP) is 5.47. The number of amides is 2. The molecule has 0 bridgehead atoms. The van der Waals surface area contributed by atoms with Crippen molar-refractivity contribution in [1.82, 2.24) is 0 Å². The van der Waals surface area contributed by atoms with Crippen molar-refractivity contribution in [2.24, 2.45) is 0 Å². The zero-order valence-electron chi connectivity index (χ0n) is 16.7. The Balaban J connectivity index is 1.54. The van der Waals surface area contributed by atoms with E-state index >= 15 is 0 Å². The van der Waals surface area contributed by atoms with Crippen LogP contribution in [-0.2, 0) is 4.79 Å². The number of rotatable bonds is 4. The third kappa shape index (κ3) is 3.96. The number of aryl methyl sites for hydroxylation is 1. The Bertz CT molecular complexity index is 1100. The first-order valence-corrected chi connectivity index (χ1v) is 10.7. The number of benzene rings is 3. The molecule has 1 saturated heterocycles. The van der Waals surface area contributed by atoms with E-state index in [-0.39, 0.29) is 23.0 Å². The van der Waals surface area contributed by atoms with Crippen molar-refractivity contribution in [3.63, 3.8) is 0 Å². The van der Waals surface area contributed by atoms with Gasteiger partial charge in [0.2, 0.25) is 5.91 Å². The summed E-state index contributed by atoms with van der Waals surface area (Å²) in [6.07, 6.45) is 0. The largest absolute Gasteiger partial charge is 0.322 e. The molecule has 152 valence electrons. The van der Waals surface area contributed by atoms with Gasteiger partial charge in [0.05, 0.1) is 5.75 Å². The fourth-order valence-corrected chi connectivity index (χ4v) is 4.63. The summed E-state index contributed by atoms with van der Waals surface area (Å²) >= 11 is 1.59. The minimum atomic E-state index is -0.382. The summed E-state index contributed by atoms with van der Waals surface area (Å²) in [4.78, 5) is 26.8. The molecule has 1 heterocycles. The zero-order chi connectivity index (χ0) is 21.3. The van der Waals surface area contributed by atoms with Gasteiger partial charge in [-0.2, -0.15) is 0 Å². The van der Waals surface area contributed by atoms with Crippen LogP contribution in [0.5, 0.6) is 0 Å². The maximum atomic E-state index is 13.0. The second kappa shape index (κ2) is 8.32. The topological polar surface area (TPSA) is 49.4 Å². The Morgan fingerprint density at radius 3 is 2.43 bits per heavy atom. The van der Waals surface area contributed by atoms with Gasteiger partial charge in [0.25, 0.3) is 5.91 Å². The number of anilines is 2. The lowest BCUT2D eigenvalue weighted by atomic mass is 10.1. The van der Waals surface area contributed by atoms with Crippen molar-refractivity contribution in [3.05, 3.63) is 94.8 Å². The van der Waals surface area contributed by atoms with Gasteiger partial charge >= 0.3 is 0 Å². The molecule has 0 radical (unpaired) electrons. The summed E-state index contributed by atoms with van der Waals surface area (Å²) in [5.41, 5.74) is 5.20. The van der Waals surface area contributed by atoms with E-state index in [1.54, 1.807) is 11.8 Å². The fraction of sp³-hybridized carbons (Fsp3) is 0.167. The van der Waals surface area contributed by atoms with Gasteiger partial charge in [-0.15, -0.1) is 11.8 Å². The van der Waals surface area contributed by atoms with Gasteiger partial charge in [-0.25, -0.2) is 4.39 Å². The van der Waals surface area contributed by atoms with Crippen molar-refractivity contribution in [2.45, 2.75) is 19.2 Å². The lowest BCUT2D eigenvalue weighted by Gasteiger charge is -2.26. The molecule has 4 rings (SSSR count). The Kier molecular flexibility index (Phi) is 5.59. The second-order valence-electron chi connectivity index (χ2n) is 7.23. The molecule has 1 N–H and O–H groups in total. The monoisotopic (exact) mass is 420 g/mol. The molecule has 3 aromatic rings. The molecule has 1 atom stereocenters. The molecule has 0 spiro atoms. The van der Waals surface area contributed by atoms with Crippen LogP contribution in [0, 0.1) is 19.7 Å². The van der Waals surface area contributed by atoms with Crippen LogP contribution in [-0.4, -0.2) is 17.6 Å². The molecule has 1 fully saturated rings. The van der Waals surface area contributed by atoms with Crippen LogP contribution in [0.2, 0.25) is 0 Å². The average Bonchev–Trinajstić information content (AvgIpc) is 3.12. The van der Waals surface area contributed by atoms with E-state index in [4.69, 9.17) is 0 Å². The summed E-state index contributed by atoms with van der Waals surface area (Å²) in [7, 11) is 0. The molecule has 1 aliphatic heterocycles. The first-order valence-electron chi connectivity index (χ1n) is 9.61. The maximum absolute atomic E-state index is 13.0. The van der Waals surface area contributed by atoms with Gasteiger partial charge < -0.3 is 5.32 Å². The Hall–Kier alpha value is -3.12. The minimum Gasteiger partial charge on any atom is -0.322 e. The summed E-state index contributed by atoms with van der Waals surface area (Å²) < 4.78 is 13.0. The minimum absolute atomic E-state index is 0.0902. The molecule has 0 aromatic heterocycles. The summed E-state index contributed by atoms with van der Waals surface area (Å²) in [5, 5.41) is 2.70. The van der Waals surface area contributed by atoms with Crippen molar-refractivity contribution >= 4 is 35.0 Å². The number of nitrogens with zero attached hydrogens (tertiary/aromatic N) is 1. The summed E-state index contributed by atoms with van der Waals surface area (Å²) in [5.74, 6) is -0.160. The standard InChI is InChI=1S/C24H21FN2O2S/c1-15-4-3-5-21(16(15)2)27-22(28)14-30-24(27)18-8-12-20(13-9-18)26-23(29)17-6-10-19(25)11-7-17/h3-13,24H,14H2,1-2H3,(H,26,29)/t24-/m1/s1. The average molecular weight is 421 g/mol. The highest BCUT2D eigenvalue weighted by atomic mass is 32.2. The lowest BCUT2D eigenvalue weighted by Crippen LogP contribution is -2.28. The molecule has 4 nitrogen and oxygen atoms in total. The Morgan fingerprint density at radius 2 is 1.73 bits per heavy atom. The van der Waals surface area contributed by atoms with Crippen LogP contribution in [0.25, 0.3) is 0 Å². The van der Waals surface area contributed by atoms with E-state index in [0.29, 0.717) is 17.0 Å². The Morgan fingerprint density at radius 1 is 1.03 bits per heavy atom. The third-order valence-corrected chi connectivity index (χ3v) is 6.48. The van der Waals surface area contributed by atoms with Crippen LogP contribution in [0.1, 0.15) is 32.4 Å². The first kappa shape index (κ1) is 20.2. The van der Waals surface area contributed by atoms with Gasteiger partial charge in [0.1, 0.15) is 11.2 Å². The maximum Gasteiger partial charge on any atom is 0.255 e. The van der Waals surface area contributed by atoms with Crippen molar-refractivity contribution in [1.29, 1.82) is 0 Å². The number of hydrogen-bond donors (Lipinski definition) is 1. The smallest absolute Gasteiger partial charge is 0.255 e. The van der Waals surface area contributed by atoms with E-state index in [1.807, 2.05) is 61.2 Å². The normalized spacial score (nSPS) is 16.0. The molecule has 0 aliphatic carbocycles. The van der Waals surface area contributed by atoms with Crippen molar-refractivity contribution < 1.29 is 14.0 Å². The number of thioether (sulfide) groups is 1.